The number of ketones is 1. The van der Waals surface area contributed by atoms with Crippen LogP contribution in [0, 0.1) is 11.8 Å². The summed E-state index contributed by atoms with van der Waals surface area (Å²) < 4.78 is 5.64. The van der Waals surface area contributed by atoms with E-state index in [1.807, 2.05) is 69.3 Å². The van der Waals surface area contributed by atoms with Crippen molar-refractivity contribution in [2.45, 2.75) is 104 Å². The molecular weight excluding hydrogens is 530 g/mol. The molecule has 0 aromatic heterocycles. The number of aryl methyl sites for hydroxylation is 1. The number of ether oxygens (including phenoxy) is 1. The zero-order chi connectivity index (χ0) is 30.9. The standard InChI is InChI=1S/C34H47N3O5/c1-24(2)29(35)32(40)36(33(41)42-23-26-17-11-7-12-18-26)30(28(38)22-21-25-15-9-6-10-16-25)37(34(3,4)5)31(39)27-19-13-8-14-20-27/h6-7,9-12,15-18,24,27,29-30H,8,13-14,19-23,35H2,1-5H3/t29-,30-/m0/s1. The summed E-state index contributed by atoms with van der Waals surface area (Å²) in [6.45, 7) is 8.92. The largest absolute Gasteiger partial charge is 0.444 e. The van der Waals surface area contributed by atoms with Crippen LogP contribution in [-0.2, 0) is 32.1 Å². The molecule has 2 aromatic rings. The van der Waals surface area contributed by atoms with Crippen LogP contribution in [0.15, 0.2) is 60.7 Å². The summed E-state index contributed by atoms with van der Waals surface area (Å²) in [6, 6.07) is 17.5. The lowest BCUT2D eigenvalue weighted by Crippen LogP contribution is -2.67. The van der Waals surface area contributed by atoms with Gasteiger partial charge in [0.1, 0.15) is 6.61 Å². The van der Waals surface area contributed by atoms with Crippen molar-refractivity contribution in [1.82, 2.24) is 9.80 Å². The number of amides is 3. The molecule has 1 saturated carbocycles. The van der Waals surface area contributed by atoms with Gasteiger partial charge in [0.25, 0.3) is 5.91 Å². The van der Waals surface area contributed by atoms with Gasteiger partial charge in [0.15, 0.2) is 11.9 Å². The van der Waals surface area contributed by atoms with Gasteiger partial charge in [-0.15, -0.1) is 0 Å². The molecule has 0 aliphatic heterocycles. The summed E-state index contributed by atoms with van der Waals surface area (Å²) in [7, 11) is 0. The quantitative estimate of drug-likeness (QED) is 0.335. The minimum Gasteiger partial charge on any atom is -0.444 e. The van der Waals surface area contributed by atoms with Crippen LogP contribution in [0.5, 0.6) is 0 Å². The van der Waals surface area contributed by atoms with Crippen molar-refractivity contribution in [1.29, 1.82) is 0 Å². The highest BCUT2D eigenvalue weighted by atomic mass is 16.6. The second-order valence-corrected chi connectivity index (χ2v) is 12.6. The highest BCUT2D eigenvalue weighted by Crippen LogP contribution is 2.32. The van der Waals surface area contributed by atoms with Crippen molar-refractivity contribution < 1.29 is 23.9 Å². The van der Waals surface area contributed by atoms with Crippen LogP contribution in [0.3, 0.4) is 0 Å². The van der Waals surface area contributed by atoms with E-state index in [1.165, 1.54) is 4.90 Å². The Morgan fingerprint density at radius 3 is 1.95 bits per heavy atom. The molecule has 0 saturated heterocycles. The Bertz CT molecular complexity index is 1190. The van der Waals surface area contributed by atoms with Crippen LogP contribution in [-0.4, -0.2) is 51.2 Å². The first-order valence-electron chi connectivity index (χ1n) is 15.1. The molecule has 2 atom stereocenters. The second-order valence-electron chi connectivity index (χ2n) is 12.6. The first kappa shape index (κ1) is 33.0. The van der Waals surface area contributed by atoms with Gasteiger partial charge in [0.2, 0.25) is 5.91 Å². The number of rotatable bonds is 11. The molecule has 0 heterocycles. The van der Waals surface area contributed by atoms with Crippen LogP contribution in [0.4, 0.5) is 4.79 Å². The average Bonchev–Trinajstić information content (AvgIpc) is 2.98. The Labute approximate surface area is 250 Å². The summed E-state index contributed by atoms with van der Waals surface area (Å²) in [5, 5.41) is 0. The van der Waals surface area contributed by atoms with Crippen molar-refractivity contribution in [3.8, 4) is 0 Å². The van der Waals surface area contributed by atoms with E-state index in [0.29, 0.717) is 19.3 Å². The lowest BCUT2D eigenvalue weighted by molar-refractivity contribution is -0.162. The highest BCUT2D eigenvalue weighted by molar-refractivity contribution is 6.02. The van der Waals surface area contributed by atoms with E-state index in [4.69, 9.17) is 10.5 Å². The van der Waals surface area contributed by atoms with Crippen molar-refractivity contribution in [3.63, 3.8) is 0 Å². The number of benzene rings is 2. The molecule has 8 nitrogen and oxygen atoms in total. The third kappa shape index (κ3) is 8.74. The molecule has 1 aliphatic rings. The topological polar surface area (TPSA) is 110 Å². The lowest BCUT2D eigenvalue weighted by atomic mass is 9.86. The van der Waals surface area contributed by atoms with Gasteiger partial charge in [-0.25, -0.2) is 9.69 Å². The molecule has 3 amide bonds. The predicted molar refractivity (Wildman–Crippen MR) is 163 cm³/mol. The molecule has 0 bridgehead atoms. The number of imide groups is 1. The van der Waals surface area contributed by atoms with Gasteiger partial charge < -0.3 is 15.4 Å². The molecule has 3 rings (SSSR count). The Morgan fingerprint density at radius 2 is 1.43 bits per heavy atom. The summed E-state index contributed by atoms with van der Waals surface area (Å²) in [6.07, 6.45) is 2.21. The Morgan fingerprint density at radius 1 is 0.881 bits per heavy atom. The van der Waals surface area contributed by atoms with Crippen molar-refractivity contribution in [3.05, 3.63) is 71.8 Å². The van der Waals surface area contributed by atoms with Crippen LogP contribution in [0.25, 0.3) is 0 Å². The van der Waals surface area contributed by atoms with E-state index in [9.17, 15) is 19.2 Å². The van der Waals surface area contributed by atoms with E-state index in [0.717, 1.165) is 35.3 Å². The molecule has 0 radical (unpaired) electrons. The molecule has 0 unspecified atom stereocenters. The van der Waals surface area contributed by atoms with Crippen molar-refractivity contribution >= 4 is 23.7 Å². The van der Waals surface area contributed by atoms with Crippen LogP contribution >= 0.6 is 0 Å². The maximum absolute atomic E-state index is 14.3. The zero-order valence-corrected chi connectivity index (χ0v) is 25.8. The molecule has 1 aliphatic carbocycles. The zero-order valence-electron chi connectivity index (χ0n) is 25.8. The van der Waals surface area contributed by atoms with Crippen LogP contribution < -0.4 is 5.73 Å². The number of nitrogens with zero attached hydrogens (tertiary/aromatic N) is 2. The van der Waals surface area contributed by atoms with Gasteiger partial charge in [-0.3, -0.25) is 14.4 Å². The lowest BCUT2D eigenvalue weighted by Gasteiger charge is -2.46. The molecule has 8 heteroatoms. The summed E-state index contributed by atoms with van der Waals surface area (Å²) in [4.78, 5) is 58.7. The van der Waals surface area contributed by atoms with Crippen molar-refractivity contribution in [2.75, 3.05) is 0 Å². The number of carbonyl (C=O) groups excluding carboxylic acids is 4. The number of Topliss-reactive ketones (excluding diaryl/α,β-unsaturated/α-hetero) is 1. The van der Waals surface area contributed by atoms with E-state index >= 15 is 0 Å². The van der Waals surface area contributed by atoms with Gasteiger partial charge in [-0.2, -0.15) is 0 Å². The first-order chi connectivity index (χ1) is 19.9. The minimum absolute atomic E-state index is 0.0197. The molecule has 2 N–H and O–H groups in total. The predicted octanol–water partition coefficient (Wildman–Crippen LogP) is 5.87. The molecule has 228 valence electrons. The Hall–Kier alpha value is -3.52. The fourth-order valence-electron chi connectivity index (χ4n) is 5.35. The van der Waals surface area contributed by atoms with E-state index in [-0.39, 0.29) is 30.8 Å². The SMILES string of the molecule is CC(C)[C@H](N)C(=O)N(C(=O)OCc1ccccc1)[C@H](C(=O)CCc1ccccc1)N(C(=O)C1CCCCC1)C(C)(C)C. The van der Waals surface area contributed by atoms with E-state index in [1.54, 1.807) is 26.0 Å². The third-order valence-electron chi connectivity index (χ3n) is 7.84. The summed E-state index contributed by atoms with van der Waals surface area (Å²) in [5.74, 6) is -2.00. The highest BCUT2D eigenvalue weighted by Gasteiger charge is 2.48. The minimum atomic E-state index is -1.50. The van der Waals surface area contributed by atoms with E-state index in [2.05, 4.69) is 0 Å². The monoisotopic (exact) mass is 577 g/mol. The fraction of sp³-hybridized carbons (Fsp3) is 0.529. The second kappa shape index (κ2) is 15.1. The Balaban J connectivity index is 2.08. The molecule has 1 fully saturated rings. The molecule has 0 spiro atoms. The Kier molecular flexibility index (Phi) is 11.9. The van der Waals surface area contributed by atoms with Crippen molar-refractivity contribution in [2.24, 2.45) is 17.6 Å². The summed E-state index contributed by atoms with van der Waals surface area (Å²) in [5.41, 5.74) is 7.10. The average molecular weight is 578 g/mol. The maximum Gasteiger partial charge on any atom is 0.419 e. The molecule has 2 aromatic carbocycles. The molecule has 42 heavy (non-hydrogen) atoms. The van der Waals surface area contributed by atoms with Crippen LogP contribution in [0.1, 0.15) is 84.3 Å². The molecular formula is C34H47N3O5. The normalized spacial score (nSPS) is 15.5. The fourth-order valence-corrected chi connectivity index (χ4v) is 5.35. The van der Waals surface area contributed by atoms with Gasteiger partial charge in [-0.05, 0) is 57.1 Å². The van der Waals surface area contributed by atoms with Crippen LogP contribution in [0.2, 0.25) is 0 Å². The number of nitrogens with two attached hydrogens (primary N) is 1. The van der Waals surface area contributed by atoms with Gasteiger partial charge >= 0.3 is 6.09 Å². The summed E-state index contributed by atoms with van der Waals surface area (Å²) >= 11 is 0. The number of hydrogen-bond donors (Lipinski definition) is 1. The van der Waals surface area contributed by atoms with Gasteiger partial charge in [0, 0.05) is 17.9 Å². The van der Waals surface area contributed by atoms with Gasteiger partial charge in [0.05, 0.1) is 6.04 Å². The number of carbonyl (C=O) groups is 4. The number of hydrogen-bond acceptors (Lipinski definition) is 6. The maximum atomic E-state index is 14.3. The van der Waals surface area contributed by atoms with Gasteiger partial charge in [-0.1, -0.05) is 93.8 Å². The third-order valence-corrected chi connectivity index (χ3v) is 7.84. The first-order valence-corrected chi connectivity index (χ1v) is 15.1. The van der Waals surface area contributed by atoms with E-state index < -0.39 is 35.5 Å². The smallest absolute Gasteiger partial charge is 0.419 e.